The maximum atomic E-state index is 4.62. The minimum atomic E-state index is 1.07. The summed E-state index contributed by atoms with van der Waals surface area (Å²) in [6.45, 7) is 0. The molecule has 78 valence electrons. The lowest BCUT2D eigenvalue weighted by molar-refractivity contribution is 1.47. The second kappa shape index (κ2) is 4.00. The standard InChI is InChI=1S/C13H8BrNS/c14-10-5-3-4-9(8-10)13-15-11-6-1-2-7-12(11)16-13/h1-8H. The van der Waals surface area contributed by atoms with Crippen LogP contribution in [0.2, 0.25) is 0 Å². The zero-order chi connectivity index (χ0) is 11.0. The van der Waals surface area contributed by atoms with Gasteiger partial charge in [0.2, 0.25) is 0 Å². The predicted octanol–water partition coefficient (Wildman–Crippen LogP) is 4.73. The van der Waals surface area contributed by atoms with Crippen molar-refractivity contribution in [1.29, 1.82) is 0 Å². The van der Waals surface area contributed by atoms with Crippen LogP contribution in [0, 0.1) is 0 Å². The van der Waals surface area contributed by atoms with Crippen LogP contribution in [0.3, 0.4) is 0 Å². The molecule has 0 bridgehead atoms. The summed E-state index contributed by atoms with van der Waals surface area (Å²) < 4.78 is 2.32. The van der Waals surface area contributed by atoms with Crippen molar-refractivity contribution in [3.05, 3.63) is 53.0 Å². The first kappa shape index (κ1) is 10.00. The summed E-state index contributed by atoms with van der Waals surface area (Å²) in [5.41, 5.74) is 2.23. The maximum Gasteiger partial charge on any atom is 0.124 e. The first-order valence-electron chi connectivity index (χ1n) is 4.94. The van der Waals surface area contributed by atoms with E-state index in [1.807, 2.05) is 30.3 Å². The fraction of sp³-hybridized carbons (Fsp3) is 0. The normalized spacial score (nSPS) is 10.8. The van der Waals surface area contributed by atoms with Crippen LogP contribution in [0.25, 0.3) is 20.8 Å². The lowest BCUT2D eigenvalue weighted by Crippen LogP contribution is -1.74. The van der Waals surface area contributed by atoms with Crippen LogP contribution in [0.1, 0.15) is 0 Å². The van der Waals surface area contributed by atoms with Crippen molar-refractivity contribution in [1.82, 2.24) is 4.98 Å². The van der Waals surface area contributed by atoms with Crippen LogP contribution < -0.4 is 0 Å². The van der Waals surface area contributed by atoms with Gasteiger partial charge in [-0.2, -0.15) is 0 Å². The van der Waals surface area contributed by atoms with E-state index in [1.165, 1.54) is 4.70 Å². The van der Waals surface area contributed by atoms with Crippen LogP contribution in [-0.4, -0.2) is 4.98 Å². The van der Waals surface area contributed by atoms with Crippen LogP contribution >= 0.6 is 27.3 Å². The first-order chi connectivity index (χ1) is 7.83. The third-order valence-electron chi connectivity index (χ3n) is 2.37. The highest BCUT2D eigenvalue weighted by Gasteiger charge is 2.05. The van der Waals surface area contributed by atoms with E-state index in [1.54, 1.807) is 11.3 Å². The van der Waals surface area contributed by atoms with E-state index in [0.717, 1.165) is 20.6 Å². The molecule has 0 spiro atoms. The zero-order valence-corrected chi connectivity index (χ0v) is 10.8. The van der Waals surface area contributed by atoms with Gasteiger partial charge in [0.1, 0.15) is 5.01 Å². The molecule has 0 saturated heterocycles. The van der Waals surface area contributed by atoms with Gasteiger partial charge in [-0.05, 0) is 24.3 Å². The number of hydrogen-bond acceptors (Lipinski definition) is 2. The largest absolute Gasteiger partial charge is 0.236 e. The zero-order valence-electron chi connectivity index (χ0n) is 8.35. The fourth-order valence-electron chi connectivity index (χ4n) is 1.62. The van der Waals surface area contributed by atoms with Crippen LogP contribution in [0.15, 0.2) is 53.0 Å². The molecule has 2 aromatic carbocycles. The summed E-state index contributed by atoms with van der Waals surface area (Å²) in [5, 5.41) is 1.07. The molecule has 0 aliphatic carbocycles. The molecule has 3 rings (SSSR count). The SMILES string of the molecule is Brc1cccc(-c2nc3ccccc3s2)c1. The Morgan fingerprint density at radius 3 is 2.69 bits per heavy atom. The van der Waals surface area contributed by atoms with E-state index in [4.69, 9.17) is 0 Å². The van der Waals surface area contributed by atoms with Gasteiger partial charge < -0.3 is 0 Å². The molecule has 16 heavy (non-hydrogen) atoms. The molecule has 3 aromatic rings. The highest BCUT2D eigenvalue weighted by molar-refractivity contribution is 9.10. The Kier molecular flexibility index (Phi) is 2.50. The van der Waals surface area contributed by atoms with Gasteiger partial charge in [0.05, 0.1) is 10.2 Å². The average molecular weight is 290 g/mol. The molecular weight excluding hydrogens is 282 g/mol. The minimum Gasteiger partial charge on any atom is -0.236 e. The molecule has 0 aliphatic rings. The summed E-state index contributed by atoms with van der Waals surface area (Å²) >= 11 is 5.21. The van der Waals surface area contributed by atoms with E-state index < -0.39 is 0 Å². The molecule has 0 fully saturated rings. The number of thiazole rings is 1. The van der Waals surface area contributed by atoms with Gasteiger partial charge in [0.15, 0.2) is 0 Å². The van der Waals surface area contributed by atoms with E-state index >= 15 is 0 Å². The number of para-hydroxylation sites is 1. The van der Waals surface area contributed by atoms with Gasteiger partial charge in [-0.15, -0.1) is 11.3 Å². The van der Waals surface area contributed by atoms with Crippen molar-refractivity contribution in [3.63, 3.8) is 0 Å². The summed E-state index contributed by atoms with van der Waals surface area (Å²) in [7, 11) is 0. The Hall–Kier alpha value is -1.19. The molecule has 0 radical (unpaired) electrons. The second-order valence-electron chi connectivity index (χ2n) is 3.50. The molecule has 1 nitrogen and oxygen atoms in total. The van der Waals surface area contributed by atoms with Crippen molar-refractivity contribution in [2.24, 2.45) is 0 Å². The number of hydrogen-bond donors (Lipinski definition) is 0. The lowest BCUT2D eigenvalue weighted by Gasteiger charge is -1.95. The van der Waals surface area contributed by atoms with E-state index in [2.05, 4.69) is 39.1 Å². The molecule has 0 amide bonds. The van der Waals surface area contributed by atoms with Crippen LogP contribution in [0.4, 0.5) is 0 Å². The van der Waals surface area contributed by atoms with Crippen molar-refractivity contribution >= 4 is 37.5 Å². The highest BCUT2D eigenvalue weighted by Crippen LogP contribution is 2.30. The Balaban J connectivity index is 2.19. The molecule has 0 unspecified atom stereocenters. The monoisotopic (exact) mass is 289 g/mol. The molecule has 3 heteroatoms. The smallest absolute Gasteiger partial charge is 0.124 e. The molecular formula is C13H8BrNS. The predicted molar refractivity (Wildman–Crippen MR) is 72.8 cm³/mol. The molecule has 1 heterocycles. The van der Waals surface area contributed by atoms with E-state index in [9.17, 15) is 0 Å². The van der Waals surface area contributed by atoms with Crippen molar-refractivity contribution < 1.29 is 0 Å². The maximum absolute atomic E-state index is 4.62. The average Bonchev–Trinajstić information content (AvgIpc) is 2.72. The number of rotatable bonds is 1. The quantitative estimate of drug-likeness (QED) is 0.631. The Morgan fingerprint density at radius 2 is 1.88 bits per heavy atom. The number of aromatic nitrogens is 1. The molecule has 0 atom stereocenters. The Labute approximate surface area is 106 Å². The molecule has 0 N–H and O–H groups in total. The third kappa shape index (κ3) is 1.77. The highest BCUT2D eigenvalue weighted by atomic mass is 79.9. The van der Waals surface area contributed by atoms with E-state index in [-0.39, 0.29) is 0 Å². The third-order valence-corrected chi connectivity index (χ3v) is 3.94. The Bertz CT molecular complexity index is 612. The summed E-state index contributed by atoms with van der Waals surface area (Å²) in [6.07, 6.45) is 0. The summed E-state index contributed by atoms with van der Waals surface area (Å²) in [6, 6.07) is 16.5. The minimum absolute atomic E-state index is 1.07. The van der Waals surface area contributed by atoms with Gasteiger partial charge in [-0.25, -0.2) is 4.98 Å². The van der Waals surface area contributed by atoms with Crippen LogP contribution in [-0.2, 0) is 0 Å². The fourth-order valence-corrected chi connectivity index (χ4v) is 2.98. The number of nitrogens with zero attached hydrogens (tertiary/aromatic N) is 1. The summed E-state index contributed by atoms with van der Waals surface area (Å²) in [5.74, 6) is 0. The summed E-state index contributed by atoms with van der Waals surface area (Å²) in [4.78, 5) is 4.62. The molecule has 0 aliphatic heterocycles. The van der Waals surface area contributed by atoms with Gasteiger partial charge in [0.25, 0.3) is 0 Å². The van der Waals surface area contributed by atoms with Gasteiger partial charge >= 0.3 is 0 Å². The first-order valence-corrected chi connectivity index (χ1v) is 6.55. The number of fused-ring (bicyclic) bond motifs is 1. The topological polar surface area (TPSA) is 12.9 Å². The number of halogens is 1. The number of benzene rings is 2. The van der Waals surface area contributed by atoms with Gasteiger partial charge in [0, 0.05) is 10.0 Å². The molecule has 0 saturated carbocycles. The van der Waals surface area contributed by atoms with Crippen LogP contribution in [0.5, 0.6) is 0 Å². The van der Waals surface area contributed by atoms with Crippen molar-refractivity contribution in [3.8, 4) is 10.6 Å². The Morgan fingerprint density at radius 1 is 1.00 bits per heavy atom. The lowest BCUT2D eigenvalue weighted by atomic mass is 10.2. The van der Waals surface area contributed by atoms with E-state index in [0.29, 0.717) is 0 Å². The second-order valence-corrected chi connectivity index (χ2v) is 5.44. The molecule has 1 aromatic heterocycles. The van der Waals surface area contributed by atoms with Gasteiger partial charge in [-0.3, -0.25) is 0 Å². The van der Waals surface area contributed by atoms with Crippen molar-refractivity contribution in [2.45, 2.75) is 0 Å². The van der Waals surface area contributed by atoms with Crippen molar-refractivity contribution in [2.75, 3.05) is 0 Å². The van der Waals surface area contributed by atoms with Gasteiger partial charge in [-0.1, -0.05) is 40.2 Å².